The van der Waals surface area contributed by atoms with E-state index >= 15 is 0 Å². The molecular formula is C13H20N4O2. The number of ether oxygens (including phenoxy) is 1. The number of nitrogens with zero attached hydrogens (tertiary/aromatic N) is 3. The molecule has 3 aliphatic rings. The van der Waals surface area contributed by atoms with Crippen LogP contribution in [0.1, 0.15) is 43.0 Å². The molecule has 6 heteroatoms. The molecule has 4 rings (SSSR count). The van der Waals surface area contributed by atoms with E-state index in [0.29, 0.717) is 23.8 Å². The molecule has 0 spiro atoms. The smallest absolute Gasteiger partial charge is 0.231 e. The summed E-state index contributed by atoms with van der Waals surface area (Å²) in [6.07, 6.45) is 3.62. The molecule has 0 amide bonds. The number of hydrogen-bond acceptors (Lipinski definition) is 6. The van der Waals surface area contributed by atoms with Crippen LogP contribution in [0.2, 0.25) is 0 Å². The minimum Gasteiger partial charge on any atom is -0.367 e. The maximum Gasteiger partial charge on any atom is 0.231 e. The molecular weight excluding hydrogens is 244 g/mol. The van der Waals surface area contributed by atoms with Crippen molar-refractivity contribution < 1.29 is 9.26 Å². The fraction of sp³-hybridized carbons (Fsp3) is 0.846. The van der Waals surface area contributed by atoms with Gasteiger partial charge in [-0.3, -0.25) is 0 Å². The Kier molecular flexibility index (Phi) is 2.82. The Balaban J connectivity index is 1.50. The number of morpholine rings is 1. The van der Waals surface area contributed by atoms with Crippen molar-refractivity contribution in [2.45, 2.75) is 43.4 Å². The number of hydrogen-bond donors (Lipinski definition) is 1. The molecule has 104 valence electrons. The van der Waals surface area contributed by atoms with Crippen LogP contribution in [0.25, 0.3) is 0 Å². The van der Waals surface area contributed by atoms with Crippen LogP contribution in [-0.4, -0.2) is 53.9 Å². The number of fused-ring (bicyclic) bond motifs is 2. The Morgan fingerprint density at radius 2 is 2.32 bits per heavy atom. The van der Waals surface area contributed by atoms with E-state index < -0.39 is 0 Å². The van der Waals surface area contributed by atoms with Gasteiger partial charge < -0.3 is 19.5 Å². The van der Waals surface area contributed by atoms with Crippen LogP contribution in [0, 0.1) is 0 Å². The van der Waals surface area contributed by atoms with Crippen molar-refractivity contribution in [3.63, 3.8) is 0 Å². The van der Waals surface area contributed by atoms with Crippen LogP contribution in [0.4, 0.5) is 0 Å². The highest BCUT2D eigenvalue weighted by molar-refractivity contribution is 5.10. The van der Waals surface area contributed by atoms with E-state index in [1.54, 1.807) is 0 Å². The molecule has 4 heterocycles. The molecule has 3 aliphatic heterocycles. The average molecular weight is 264 g/mol. The molecule has 1 N–H and O–H groups in total. The molecule has 0 aromatic carbocycles. The number of aromatic nitrogens is 2. The van der Waals surface area contributed by atoms with Crippen LogP contribution in [0.3, 0.4) is 0 Å². The normalized spacial score (nSPS) is 39.0. The summed E-state index contributed by atoms with van der Waals surface area (Å²) < 4.78 is 11.2. The first-order chi connectivity index (χ1) is 9.29. The van der Waals surface area contributed by atoms with Gasteiger partial charge in [0.25, 0.3) is 0 Å². The highest BCUT2D eigenvalue weighted by Gasteiger charge is 2.42. The predicted octanol–water partition coefficient (Wildman–Crippen LogP) is 0.681. The lowest BCUT2D eigenvalue weighted by Crippen LogP contribution is -2.35. The zero-order valence-corrected chi connectivity index (χ0v) is 11.2. The van der Waals surface area contributed by atoms with Gasteiger partial charge in [-0.25, -0.2) is 0 Å². The van der Waals surface area contributed by atoms with E-state index in [4.69, 9.17) is 9.26 Å². The summed E-state index contributed by atoms with van der Waals surface area (Å²) in [6.45, 7) is 2.55. The molecule has 0 aliphatic carbocycles. The fourth-order valence-corrected chi connectivity index (χ4v) is 3.56. The maximum absolute atomic E-state index is 5.73. The van der Waals surface area contributed by atoms with Crippen molar-refractivity contribution in [1.29, 1.82) is 0 Å². The summed E-state index contributed by atoms with van der Waals surface area (Å²) >= 11 is 0. The minimum absolute atomic E-state index is 0.0391. The maximum atomic E-state index is 5.73. The average Bonchev–Trinajstić information content (AvgIpc) is 3.14. The standard InChI is InChI=1S/C13H20N4O2/c1-17-4-5-18-11(7-17)12-15-13(19-16-12)9-6-8-2-3-10(9)14-8/h8-11,14H,2-7H2,1H3. The number of nitrogens with one attached hydrogen (secondary N) is 1. The Morgan fingerprint density at radius 3 is 3.05 bits per heavy atom. The van der Waals surface area contributed by atoms with Crippen molar-refractivity contribution in [1.82, 2.24) is 20.4 Å². The van der Waals surface area contributed by atoms with Crippen molar-refractivity contribution in [3.8, 4) is 0 Å². The SMILES string of the molecule is CN1CCOC(c2noc(C3CC4CCC3N4)n2)C1. The summed E-state index contributed by atoms with van der Waals surface area (Å²) in [6, 6.07) is 1.19. The van der Waals surface area contributed by atoms with Crippen LogP contribution in [0.5, 0.6) is 0 Å². The van der Waals surface area contributed by atoms with Crippen LogP contribution >= 0.6 is 0 Å². The first-order valence-electron chi connectivity index (χ1n) is 7.19. The zero-order chi connectivity index (χ0) is 12.8. The molecule has 3 fully saturated rings. The second kappa shape index (κ2) is 4.54. The summed E-state index contributed by atoms with van der Waals surface area (Å²) in [5.74, 6) is 1.91. The number of likely N-dealkylation sites (N-methyl/N-ethyl adjacent to an activating group) is 1. The van der Waals surface area contributed by atoms with E-state index in [-0.39, 0.29) is 6.10 Å². The molecule has 0 radical (unpaired) electrons. The first-order valence-corrected chi connectivity index (χ1v) is 7.19. The van der Waals surface area contributed by atoms with Gasteiger partial charge in [0.2, 0.25) is 11.7 Å². The van der Waals surface area contributed by atoms with Gasteiger partial charge in [0.15, 0.2) is 0 Å². The van der Waals surface area contributed by atoms with Gasteiger partial charge in [-0.15, -0.1) is 0 Å². The third kappa shape index (κ3) is 2.07. The number of rotatable bonds is 2. The molecule has 1 aromatic rings. The molecule has 19 heavy (non-hydrogen) atoms. The molecule has 6 nitrogen and oxygen atoms in total. The summed E-state index contributed by atoms with van der Waals surface area (Å²) in [4.78, 5) is 6.84. The Hall–Kier alpha value is -0.980. The van der Waals surface area contributed by atoms with Gasteiger partial charge in [-0.1, -0.05) is 5.16 Å². The lowest BCUT2D eigenvalue weighted by atomic mass is 9.89. The largest absolute Gasteiger partial charge is 0.367 e. The van der Waals surface area contributed by atoms with E-state index in [2.05, 4.69) is 27.4 Å². The Morgan fingerprint density at radius 1 is 1.37 bits per heavy atom. The van der Waals surface area contributed by atoms with Gasteiger partial charge in [-0.05, 0) is 26.3 Å². The molecule has 0 saturated carbocycles. The minimum atomic E-state index is -0.0391. The second-order valence-corrected chi connectivity index (χ2v) is 6.00. The highest BCUT2D eigenvalue weighted by atomic mass is 16.5. The van der Waals surface area contributed by atoms with Crippen molar-refractivity contribution in [2.75, 3.05) is 26.7 Å². The zero-order valence-electron chi connectivity index (χ0n) is 11.2. The second-order valence-electron chi connectivity index (χ2n) is 6.00. The summed E-state index contributed by atoms with van der Waals surface area (Å²) in [5.41, 5.74) is 0. The summed E-state index contributed by atoms with van der Waals surface area (Å²) in [7, 11) is 2.09. The fourth-order valence-electron chi connectivity index (χ4n) is 3.56. The van der Waals surface area contributed by atoms with Gasteiger partial charge >= 0.3 is 0 Å². The van der Waals surface area contributed by atoms with Crippen LogP contribution in [0.15, 0.2) is 4.52 Å². The molecule has 4 unspecified atom stereocenters. The molecule has 3 saturated heterocycles. The lowest BCUT2D eigenvalue weighted by molar-refractivity contribution is -0.0264. The van der Waals surface area contributed by atoms with Gasteiger partial charge in [-0.2, -0.15) is 4.98 Å². The van der Waals surface area contributed by atoms with Gasteiger partial charge in [0.05, 0.1) is 12.5 Å². The van der Waals surface area contributed by atoms with Crippen molar-refractivity contribution >= 4 is 0 Å². The van der Waals surface area contributed by atoms with E-state index in [9.17, 15) is 0 Å². The third-order valence-electron chi connectivity index (χ3n) is 4.63. The molecule has 2 bridgehead atoms. The first kappa shape index (κ1) is 11.8. The highest BCUT2D eigenvalue weighted by Crippen LogP contribution is 2.39. The third-order valence-corrected chi connectivity index (χ3v) is 4.63. The summed E-state index contributed by atoms with van der Waals surface area (Å²) in [5, 5.41) is 7.74. The Bertz CT molecular complexity index is 463. The van der Waals surface area contributed by atoms with Crippen LogP contribution in [-0.2, 0) is 4.74 Å². The Labute approximate surface area is 112 Å². The van der Waals surface area contributed by atoms with E-state index in [1.807, 2.05) is 0 Å². The topological polar surface area (TPSA) is 63.4 Å². The van der Waals surface area contributed by atoms with E-state index in [0.717, 1.165) is 32.0 Å². The molecule has 4 atom stereocenters. The van der Waals surface area contributed by atoms with Gasteiger partial charge in [0.1, 0.15) is 6.10 Å². The molecule has 1 aromatic heterocycles. The lowest BCUT2D eigenvalue weighted by Gasteiger charge is -2.27. The predicted molar refractivity (Wildman–Crippen MR) is 67.8 cm³/mol. The van der Waals surface area contributed by atoms with Crippen molar-refractivity contribution in [2.24, 2.45) is 0 Å². The quantitative estimate of drug-likeness (QED) is 0.847. The van der Waals surface area contributed by atoms with E-state index in [1.165, 1.54) is 12.8 Å². The van der Waals surface area contributed by atoms with Gasteiger partial charge in [0, 0.05) is 25.2 Å². The van der Waals surface area contributed by atoms with Crippen LogP contribution < -0.4 is 5.32 Å². The monoisotopic (exact) mass is 264 g/mol. The van der Waals surface area contributed by atoms with Crippen molar-refractivity contribution in [3.05, 3.63) is 11.7 Å².